The normalized spacial score (nSPS) is 24.0. The number of nitrogens with zero attached hydrogens (tertiary/aromatic N) is 1. The Morgan fingerprint density at radius 1 is 0.955 bits per heavy atom. The zero-order chi connectivity index (χ0) is 15.5. The van der Waals surface area contributed by atoms with Crippen molar-refractivity contribution >= 4 is 10.2 Å². The molecule has 3 atom stereocenters. The third-order valence-electron chi connectivity index (χ3n) is 4.67. The maximum absolute atomic E-state index is 8.91. The van der Waals surface area contributed by atoms with Crippen LogP contribution in [0.2, 0.25) is 5.54 Å². The Kier molecular flexibility index (Phi) is 4.31. The van der Waals surface area contributed by atoms with E-state index in [2.05, 4.69) is 40.6 Å². The van der Waals surface area contributed by atoms with Crippen molar-refractivity contribution in [2.75, 3.05) is 7.11 Å². The minimum atomic E-state index is 0.418. The summed E-state index contributed by atoms with van der Waals surface area (Å²) in [6.45, 7) is 0. The number of ether oxygens (including phenoxy) is 1. The van der Waals surface area contributed by atoms with Crippen molar-refractivity contribution in [3.63, 3.8) is 0 Å². The maximum Gasteiger partial charge on any atom is 0.118 e. The number of rotatable bonds is 3. The van der Waals surface area contributed by atoms with Crippen molar-refractivity contribution in [1.29, 1.82) is 5.26 Å². The zero-order valence-corrected chi connectivity index (χ0v) is 13.6. The summed E-state index contributed by atoms with van der Waals surface area (Å²) >= 11 is 0. The van der Waals surface area contributed by atoms with Gasteiger partial charge in [0, 0.05) is 10.2 Å². The van der Waals surface area contributed by atoms with Gasteiger partial charge >= 0.3 is 0 Å². The van der Waals surface area contributed by atoms with Gasteiger partial charge in [-0.3, -0.25) is 0 Å². The monoisotopic (exact) mass is 304 g/mol. The highest BCUT2D eigenvalue weighted by Crippen LogP contribution is 2.50. The molecule has 109 valence electrons. The quantitative estimate of drug-likeness (QED) is 0.797. The molecule has 1 fully saturated rings. The summed E-state index contributed by atoms with van der Waals surface area (Å²) < 4.78 is 5.23. The SMILES string of the molecule is COc1ccc(C2CCC(c3ccc(C#N)cc3)[C@@H]2[Si])cc1. The van der Waals surface area contributed by atoms with E-state index < -0.39 is 0 Å². The Bertz CT molecular complexity index is 672. The number of methoxy groups -OCH3 is 1. The molecule has 0 amide bonds. The largest absolute Gasteiger partial charge is 0.497 e. The Morgan fingerprint density at radius 3 is 1.91 bits per heavy atom. The first kappa shape index (κ1) is 14.9. The van der Waals surface area contributed by atoms with Crippen LogP contribution in [0.3, 0.4) is 0 Å². The molecule has 3 heteroatoms. The van der Waals surface area contributed by atoms with E-state index in [1.807, 2.05) is 24.3 Å². The van der Waals surface area contributed by atoms with Gasteiger partial charge in [-0.25, -0.2) is 0 Å². The molecule has 0 N–H and O–H groups in total. The summed E-state index contributed by atoms with van der Waals surface area (Å²) in [4.78, 5) is 0. The molecule has 3 rings (SSSR count). The van der Waals surface area contributed by atoms with Gasteiger partial charge in [-0.15, -0.1) is 0 Å². The lowest BCUT2D eigenvalue weighted by atomic mass is 9.92. The van der Waals surface area contributed by atoms with Crippen LogP contribution in [0, 0.1) is 11.3 Å². The summed E-state index contributed by atoms with van der Waals surface area (Å²) in [6, 6.07) is 18.6. The van der Waals surface area contributed by atoms with Crippen molar-refractivity contribution in [2.45, 2.75) is 30.2 Å². The first-order chi connectivity index (χ1) is 10.7. The average molecular weight is 304 g/mol. The topological polar surface area (TPSA) is 33.0 Å². The molecule has 3 radical (unpaired) electrons. The second kappa shape index (κ2) is 6.37. The summed E-state index contributed by atoms with van der Waals surface area (Å²) in [5.41, 5.74) is 3.81. The third kappa shape index (κ3) is 2.79. The first-order valence-electron chi connectivity index (χ1n) is 7.58. The molecule has 0 heterocycles. The van der Waals surface area contributed by atoms with E-state index in [0.717, 1.165) is 17.7 Å². The molecule has 1 aliphatic rings. The van der Waals surface area contributed by atoms with Crippen LogP contribution in [-0.4, -0.2) is 17.4 Å². The van der Waals surface area contributed by atoms with Gasteiger partial charge in [-0.1, -0.05) is 24.3 Å². The highest BCUT2D eigenvalue weighted by atomic mass is 28.1. The molecule has 2 aromatic rings. The van der Waals surface area contributed by atoms with Crippen LogP contribution in [0.15, 0.2) is 48.5 Å². The fourth-order valence-electron chi connectivity index (χ4n) is 3.40. The Hall–Kier alpha value is -2.05. The lowest BCUT2D eigenvalue weighted by Gasteiger charge is -2.21. The molecule has 2 unspecified atom stereocenters. The number of hydrogen-bond acceptors (Lipinski definition) is 2. The first-order valence-corrected chi connectivity index (χ1v) is 8.16. The summed E-state index contributed by atoms with van der Waals surface area (Å²) in [5, 5.41) is 8.91. The van der Waals surface area contributed by atoms with Gasteiger partial charge in [0.2, 0.25) is 0 Å². The van der Waals surface area contributed by atoms with Crippen LogP contribution in [-0.2, 0) is 0 Å². The molecule has 2 nitrogen and oxygen atoms in total. The molecular formula is C19H18NOSi. The lowest BCUT2D eigenvalue weighted by Crippen LogP contribution is -2.07. The molecule has 0 aromatic heterocycles. The van der Waals surface area contributed by atoms with Gasteiger partial charge in [0.1, 0.15) is 5.75 Å². The fourth-order valence-corrected chi connectivity index (χ4v) is 4.12. The third-order valence-corrected chi connectivity index (χ3v) is 5.47. The van der Waals surface area contributed by atoms with E-state index in [0.29, 0.717) is 17.4 Å². The van der Waals surface area contributed by atoms with E-state index in [9.17, 15) is 0 Å². The molecule has 0 bridgehead atoms. The van der Waals surface area contributed by atoms with Crippen LogP contribution in [0.25, 0.3) is 0 Å². The maximum atomic E-state index is 8.91. The van der Waals surface area contributed by atoms with Crippen molar-refractivity contribution in [3.05, 3.63) is 65.2 Å². The van der Waals surface area contributed by atoms with Gasteiger partial charge < -0.3 is 4.74 Å². The Labute approximate surface area is 135 Å². The molecule has 1 aliphatic carbocycles. The second-order valence-electron chi connectivity index (χ2n) is 5.82. The number of hydrogen-bond donors (Lipinski definition) is 0. The average Bonchev–Trinajstić information content (AvgIpc) is 2.96. The molecule has 0 spiro atoms. The van der Waals surface area contributed by atoms with Crippen LogP contribution in [0.5, 0.6) is 5.75 Å². The molecule has 1 saturated carbocycles. The minimum absolute atomic E-state index is 0.418. The number of benzene rings is 2. The molecule has 0 saturated heterocycles. The summed E-state index contributed by atoms with van der Waals surface area (Å²) in [7, 11) is 5.67. The van der Waals surface area contributed by atoms with Crippen molar-refractivity contribution in [3.8, 4) is 11.8 Å². The van der Waals surface area contributed by atoms with Gasteiger partial charge in [0.05, 0.1) is 18.7 Å². The highest BCUT2D eigenvalue weighted by Gasteiger charge is 2.34. The Morgan fingerprint density at radius 2 is 1.45 bits per heavy atom. The van der Waals surface area contributed by atoms with Gasteiger partial charge in [-0.2, -0.15) is 5.26 Å². The minimum Gasteiger partial charge on any atom is -0.497 e. The summed E-state index contributed by atoms with van der Waals surface area (Å²) in [5.74, 6) is 1.91. The summed E-state index contributed by atoms with van der Waals surface area (Å²) in [6.07, 6.45) is 2.34. The second-order valence-corrected chi connectivity index (χ2v) is 6.49. The van der Waals surface area contributed by atoms with Crippen molar-refractivity contribution in [2.24, 2.45) is 0 Å². The smallest absolute Gasteiger partial charge is 0.118 e. The number of nitriles is 1. The molecule has 0 aliphatic heterocycles. The molecule has 22 heavy (non-hydrogen) atoms. The van der Waals surface area contributed by atoms with Crippen molar-refractivity contribution < 1.29 is 4.74 Å². The van der Waals surface area contributed by atoms with Gasteiger partial charge in [0.25, 0.3) is 0 Å². The van der Waals surface area contributed by atoms with Crippen molar-refractivity contribution in [1.82, 2.24) is 0 Å². The standard InChI is InChI=1S/C19H18NOSi/c1-21-16-8-6-15(7-9-16)18-11-10-17(19(18)22)14-4-2-13(12-20)3-5-14/h2-9,17-19H,10-11H2,1H3/t17?,18?,19-/m0/s1. The fraction of sp³-hybridized carbons (Fsp3) is 0.316. The van der Waals surface area contributed by atoms with Crippen LogP contribution in [0.4, 0.5) is 0 Å². The lowest BCUT2D eigenvalue weighted by molar-refractivity contribution is 0.414. The predicted molar refractivity (Wildman–Crippen MR) is 88.4 cm³/mol. The predicted octanol–water partition coefficient (Wildman–Crippen LogP) is 4.19. The molecular weight excluding hydrogens is 286 g/mol. The van der Waals surface area contributed by atoms with E-state index in [1.54, 1.807) is 7.11 Å². The molecule has 2 aromatic carbocycles. The van der Waals surface area contributed by atoms with Gasteiger partial charge in [0.15, 0.2) is 0 Å². The van der Waals surface area contributed by atoms with E-state index in [1.165, 1.54) is 17.5 Å². The van der Waals surface area contributed by atoms with E-state index in [4.69, 9.17) is 10.00 Å². The van der Waals surface area contributed by atoms with Crippen LogP contribution < -0.4 is 4.74 Å². The van der Waals surface area contributed by atoms with E-state index >= 15 is 0 Å². The highest BCUT2D eigenvalue weighted by molar-refractivity contribution is 6.13. The van der Waals surface area contributed by atoms with Crippen LogP contribution in [0.1, 0.15) is 41.4 Å². The Balaban J connectivity index is 1.78. The zero-order valence-electron chi connectivity index (χ0n) is 12.6. The van der Waals surface area contributed by atoms with Gasteiger partial charge in [-0.05, 0) is 65.6 Å². The van der Waals surface area contributed by atoms with E-state index in [-0.39, 0.29) is 0 Å². The van der Waals surface area contributed by atoms with Crippen LogP contribution >= 0.6 is 0 Å².